The fourth-order valence-electron chi connectivity index (χ4n) is 2.09. The fourth-order valence-corrected chi connectivity index (χ4v) is 2.09. The first-order valence-corrected chi connectivity index (χ1v) is 6.34. The normalized spacial score (nSPS) is 11.9. The summed E-state index contributed by atoms with van der Waals surface area (Å²) in [5.41, 5.74) is 0.930. The van der Waals surface area contributed by atoms with Gasteiger partial charge in [-0.25, -0.2) is 4.79 Å². The lowest BCUT2D eigenvalue weighted by atomic mass is 9.91. The first-order valence-electron chi connectivity index (χ1n) is 6.34. The molecule has 0 radical (unpaired) electrons. The van der Waals surface area contributed by atoms with Crippen molar-refractivity contribution in [3.8, 4) is 0 Å². The number of ether oxygens (including phenoxy) is 1. The van der Waals surface area contributed by atoms with Crippen LogP contribution in [0.1, 0.15) is 29.4 Å². The summed E-state index contributed by atoms with van der Waals surface area (Å²) < 4.78 is 10.1. The quantitative estimate of drug-likeness (QED) is 0.620. The van der Waals surface area contributed by atoms with E-state index in [0.29, 0.717) is 5.76 Å². The molecule has 0 amide bonds. The van der Waals surface area contributed by atoms with Gasteiger partial charge in [-0.1, -0.05) is 30.3 Å². The van der Waals surface area contributed by atoms with E-state index < -0.39 is 11.8 Å². The number of ketones is 1. The highest BCUT2D eigenvalue weighted by molar-refractivity contribution is 6.33. The number of benzene rings is 1. The summed E-state index contributed by atoms with van der Waals surface area (Å²) in [6, 6.07) is 13.2. The van der Waals surface area contributed by atoms with E-state index in [2.05, 4.69) is 4.74 Å². The van der Waals surface area contributed by atoms with Crippen LogP contribution in [0.4, 0.5) is 0 Å². The summed E-state index contributed by atoms with van der Waals surface area (Å²) in [6.07, 6.45) is 0.0314. The third-order valence-corrected chi connectivity index (χ3v) is 3.11. The van der Waals surface area contributed by atoms with Crippen LogP contribution < -0.4 is 0 Å². The van der Waals surface area contributed by atoms with Crippen molar-refractivity contribution in [3.63, 3.8) is 0 Å². The van der Waals surface area contributed by atoms with Gasteiger partial charge in [0.05, 0.1) is 7.11 Å². The molecule has 104 valence electrons. The van der Waals surface area contributed by atoms with Gasteiger partial charge in [0.25, 0.3) is 0 Å². The summed E-state index contributed by atoms with van der Waals surface area (Å²) >= 11 is 0. The van der Waals surface area contributed by atoms with Crippen LogP contribution >= 0.6 is 0 Å². The summed E-state index contributed by atoms with van der Waals surface area (Å²) in [6.45, 7) is 1.84. The van der Waals surface area contributed by atoms with Crippen molar-refractivity contribution in [2.75, 3.05) is 7.11 Å². The van der Waals surface area contributed by atoms with Crippen LogP contribution in [0.5, 0.6) is 0 Å². The second kappa shape index (κ2) is 6.19. The Morgan fingerprint density at radius 1 is 1.15 bits per heavy atom. The second-order valence-electron chi connectivity index (χ2n) is 4.53. The average molecular weight is 272 g/mol. The Morgan fingerprint density at radius 2 is 1.85 bits per heavy atom. The van der Waals surface area contributed by atoms with Crippen molar-refractivity contribution in [2.24, 2.45) is 0 Å². The largest absolute Gasteiger partial charge is 0.466 e. The van der Waals surface area contributed by atoms with Crippen molar-refractivity contribution in [1.29, 1.82) is 0 Å². The molecule has 0 aliphatic rings. The summed E-state index contributed by atoms with van der Waals surface area (Å²) in [5, 5.41) is 0. The van der Waals surface area contributed by atoms with Crippen LogP contribution in [0.15, 0.2) is 46.9 Å². The van der Waals surface area contributed by atoms with Crippen LogP contribution in [0, 0.1) is 6.92 Å². The van der Waals surface area contributed by atoms with Gasteiger partial charge in [0.1, 0.15) is 11.5 Å². The molecule has 2 rings (SSSR count). The fraction of sp³-hybridized carbons (Fsp3) is 0.250. The van der Waals surface area contributed by atoms with E-state index >= 15 is 0 Å². The molecule has 0 fully saturated rings. The molecule has 0 spiro atoms. The Morgan fingerprint density at radius 3 is 2.40 bits per heavy atom. The molecule has 20 heavy (non-hydrogen) atoms. The van der Waals surface area contributed by atoms with Crippen LogP contribution in [-0.2, 0) is 14.3 Å². The molecule has 0 saturated carbocycles. The third kappa shape index (κ3) is 3.15. The smallest absolute Gasteiger partial charge is 0.374 e. The van der Waals surface area contributed by atoms with Crippen molar-refractivity contribution in [1.82, 2.24) is 0 Å². The molecule has 4 heteroatoms. The number of hydrogen-bond donors (Lipinski definition) is 0. The molecule has 4 nitrogen and oxygen atoms in total. The van der Waals surface area contributed by atoms with E-state index in [1.807, 2.05) is 49.4 Å². The highest BCUT2D eigenvalue weighted by atomic mass is 16.5. The third-order valence-electron chi connectivity index (χ3n) is 3.11. The molecule has 0 bridgehead atoms. The van der Waals surface area contributed by atoms with Crippen molar-refractivity contribution >= 4 is 11.8 Å². The number of methoxy groups -OCH3 is 1. The van der Waals surface area contributed by atoms with Gasteiger partial charge in [-0.2, -0.15) is 0 Å². The number of rotatable bonds is 5. The van der Waals surface area contributed by atoms with Crippen molar-refractivity contribution in [2.45, 2.75) is 19.3 Å². The standard InChI is InChI=1S/C16H16O4/c1-11-8-9-15(20-11)13(10-14(17)16(18)19-2)12-6-4-3-5-7-12/h3-9,13H,10H2,1-2H3. The van der Waals surface area contributed by atoms with Gasteiger partial charge in [-0.05, 0) is 24.6 Å². The molecule has 0 N–H and O–H groups in total. The zero-order valence-corrected chi connectivity index (χ0v) is 11.5. The molecule has 0 aliphatic carbocycles. The minimum atomic E-state index is -0.825. The van der Waals surface area contributed by atoms with E-state index in [0.717, 1.165) is 11.3 Å². The predicted octanol–water partition coefficient (Wildman–Crippen LogP) is 2.85. The Labute approximate surface area is 117 Å². The molecule has 1 unspecified atom stereocenters. The number of esters is 1. The zero-order valence-electron chi connectivity index (χ0n) is 11.5. The minimum absolute atomic E-state index is 0.0314. The lowest BCUT2D eigenvalue weighted by molar-refractivity contribution is -0.151. The topological polar surface area (TPSA) is 56.5 Å². The predicted molar refractivity (Wildman–Crippen MR) is 73.4 cm³/mol. The van der Waals surface area contributed by atoms with Gasteiger partial charge >= 0.3 is 5.97 Å². The first-order chi connectivity index (χ1) is 9.61. The Kier molecular flexibility index (Phi) is 4.35. The number of carbonyl (C=O) groups excluding carboxylic acids is 2. The molecule has 1 atom stereocenters. The lowest BCUT2D eigenvalue weighted by Gasteiger charge is -2.13. The summed E-state index contributed by atoms with van der Waals surface area (Å²) in [5.74, 6) is -0.224. The van der Waals surface area contributed by atoms with E-state index in [1.165, 1.54) is 7.11 Å². The van der Waals surface area contributed by atoms with Crippen LogP contribution in [0.3, 0.4) is 0 Å². The van der Waals surface area contributed by atoms with Crippen LogP contribution in [0.2, 0.25) is 0 Å². The molecule has 1 aromatic heterocycles. The number of Topliss-reactive ketones (excluding diaryl/α,β-unsaturated/α-hetero) is 1. The maximum Gasteiger partial charge on any atom is 0.374 e. The molecular weight excluding hydrogens is 256 g/mol. The minimum Gasteiger partial charge on any atom is -0.466 e. The van der Waals surface area contributed by atoms with E-state index in [1.54, 1.807) is 0 Å². The molecular formula is C16H16O4. The monoisotopic (exact) mass is 272 g/mol. The molecule has 1 aromatic carbocycles. The van der Waals surface area contributed by atoms with Crippen molar-refractivity contribution < 1.29 is 18.7 Å². The molecule has 0 saturated heterocycles. The molecule has 2 aromatic rings. The first kappa shape index (κ1) is 14.1. The number of hydrogen-bond acceptors (Lipinski definition) is 4. The lowest BCUT2D eigenvalue weighted by Crippen LogP contribution is -2.18. The number of carbonyl (C=O) groups is 2. The van der Waals surface area contributed by atoms with E-state index in [-0.39, 0.29) is 12.3 Å². The highest BCUT2D eigenvalue weighted by Crippen LogP contribution is 2.29. The SMILES string of the molecule is COC(=O)C(=O)CC(c1ccccc1)c1ccc(C)o1. The van der Waals surface area contributed by atoms with Gasteiger partial charge in [0.2, 0.25) is 5.78 Å². The average Bonchev–Trinajstić information content (AvgIpc) is 2.90. The summed E-state index contributed by atoms with van der Waals surface area (Å²) in [4.78, 5) is 23.1. The Hall–Kier alpha value is -2.36. The van der Waals surface area contributed by atoms with Gasteiger partial charge < -0.3 is 9.15 Å². The Bertz CT molecular complexity index is 598. The number of aryl methyl sites for hydroxylation is 1. The van der Waals surface area contributed by atoms with Crippen molar-refractivity contribution in [3.05, 3.63) is 59.5 Å². The molecule has 0 aliphatic heterocycles. The number of furan rings is 1. The Balaban J connectivity index is 2.30. The maximum atomic E-state index is 11.8. The maximum absolute atomic E-state index is 11.8. The highest BCUT2D eigenvalue weighted by Gasteiger charge is 2.25. The van der Waals surface area contributed by atoms with Crippen LogP contribution in [0.25, 0.3) is 0 Å². The van der Waals surface area contributed by atoms with E-state index in [9.17, 15) is 9.59 Å². The molecule has 1 heterocycles. The van der Waals surface area contributed by atoms with Gasteiger partial charge in [-0.3, -0.25) is 4.79 Å². The van der Waals surface area contributed by atoms with Crippen LogP contribution in [-0.4, -0.2) is 18.9 Å². The van der Waals surface area contributed by atoms with Gasteiger partial charge in [0.15, 0.2) is 0 Å². The van der Waals surface area contributed by atoms with Gasteiger partial charge in [0, 0.05) is 12.3 Å². The second-order valence-corrected chi connectivity index (χ2v) is 4.53. The zero-order chi connectivity index (χ0) is 14.5. The van der Waals surface area contributed by atoms with Gasteiger partial charge in [-0.15, -0.1) is 0 Å². The summed E-state index contributed by atoms with van der Waals surface area (Å²) in [7, 11) is 1.20. The van der Waals surface area contributed by atoms with E-state index in [4.69, 9.17) is 4.42 Å².